The summed E-state index contributed by atoms with van der Waals surface area (Å²) in [6.45, 7) is 0.411. The van der Waals surface area contributed by atoms with E-state index in [1.807, 2.05) is 24.3 Å². The van der Waals surface area contributed by atoms with Gasteiger partial charge in [-0.2, -0.15) is 0 Å². The summed E-state index contributed by atoms with van der Waals surface area (Å²) in [7, 11) is 3.16. The molecule has 0 radical (unpaired) electrons. The molecule has 2 rings (SSSR count). The molecule has 0 aliphatic rings. The van der Waals surface area contributed by atoms with E-state index >= 15 is 0 Å². The molecule has 2 aromatic rings. The SMILES string of the molecule is COc1ccc(CNC(=O)/C=C/c2ccc(Cl)s2)cc1OC. The van der Waals surface area contributed by atoms with Crippen molar-refractivity contribution in [2.45, 2.75) is 6.54 Å². The average Bonchev–Trinajstić information content (AvgIpc) is 2.96. The van der Waals surface area contributed by atoms with Crippen molar-refractivity contribution in [3.8, 4) is 11.5 Å². The number of rotatable bonds is 6. The summed E-state index contributed by atoms with van der Waals surface area (Å²) < 4.78 is 11.1. The second-order valence-electron chi connectivity index (χ2n) is 4.38. The summed E-state index contributed by atoms with van der Waals surface area (Å²) in [5, 5.41) is 2.81. The van der Waals surface area contributed by atoms with Crippen LogP contribution in [0, 0.1) is 0 Å². The van der Waals surface area contributed by atoms with Crippen molar-refractivity contribution in [1.82, 2.24) is 5.32 Å². The molecule has 0 aliphatic heterocycles. The van der Waals surface area contributed by atoms with Crippen LogP contribution in [-0.2, 0) is 11.3 Å². The first-order valence-corrected chi connectivity index (χ1v) is 7.74. The first kappa shape index (κ1) is 16.4. The van der Waals surface area contributed by atoms with Gasteiger partial charge in [0, 0.05) is 17.5 Å². The number of ether oxygens (including phenoxy) is 2. The molecule has 116 valence electrons. The van der Waals surface area contributed by atoms with Gasteiger partial charge in [0.05, 0.1) is 18.6 Å². The van der Waals surface area contributed by atoms with Gasteiger partial charge in [0.2, 0.25) is 5.91 Å². The Morgan fingerprint density at radius 1 is 1.23 bits per heavy atom. The monoisotopic (exact) mass is 337 g/mol. The minimum atomic E-state index is -0.167. The van der Waals surface area contributed by atoms with Crippen LogP contribution in [0.25, 0.3) is 6.08 Å². The predicted molar refractivity (Wildman–Crippen MR) is 89.8 cm³/mol. The Kier molecular flexibility index (Phi) is 5.86. The molecule has 0 unspecified atom stereocenters. The van der Waals surface area contributed by atoms with E-state index in [2.05, 4.69) is 5.32 Å². The van der Waals surface area contributed by atoms with Crippen LogP contribution in [0.15, 0.2) is 36.4 Å². The standard InChI is InChI=1S/C16H16ClNO3S/c1-20-13-6-3-11(9-14(13)21-2)10-18-16(19)8-5-12-4-7-15(17)22-12/h3-9H,10H2,1-2H3,(H,18,19)/b8-5+. The zero-order chi connectivity index (χ0) is 15.9. The maximum absolute atomic E-state index is 11.8. The van der Waals surface area contributed by atoms with Gasteiger partial charge in [-0.05, 0) is 35.9 Å². The molecule has 22 heavy (non-hydrogen) atoms. The first-order valence-electron chi connectivity index (χ1n) is 6.54. The van der Waals surface area contributed by atoms with E-state index in [1.165, 1.54) is 17.4 Å². The van der Waals surface area contributed by atoms with Gasteiger partial charge in [-0.25, -0.2) is 0 Å². The first-order chi connectivity index (χ1) is 10.6. The third-order valence-electron chi connectivity index (χ3n) is 2.91. The number of hydrogen-bond donors (Lipinski definition) is 1. The second kappa shape index (κ2) is 7.87. The molecule has 6 heteroatoms. The maximum Gasteiger partial charge on any atom is 0.244 e. The van der Waals surface area contributed by atoms with Gasteiger partial charge in [-0.15, -0.1) is 11.3 Å². The highest BCUT2D eigenvalue weighted by Crippen LogP contribution is 2.27. The highest BCUT2D eigenvalue weighted by atomic mass is 35.5. The largest absolute Gasteiger partial charge is 0.493 e. The van der Waals surface area contributed by atoms with Crippen molar-refractivity contribution in [3.63, 3.8) is 0 Å². The Labute approximate surface area is 138 Å². The number of carbonyl (C=O) groups is 1. The number of thiophene rings is 1. The lowest BCUT2D eigenvalue weighted by Gasteiger charge is -2.09. The van der Waals surface area contributed by atoms with Gasteiger partial charge in [0.25, 0.3) is 0 Å². The lowest BCUT2D eigenvalue weighted by atomic mass is 10.2. The number of amides is 1. The molecule has 4 nitrogen and oxygen atoms in total. The molecule has 0 saturated carbocycles. The van der Waals surface area contributed by atoms with Crippen LogP contribution in [0.2, 0.25) is 4.34 Å². The molecule has 0 saturated heterocycles. The van der Waals surface area contributed by atoms with Gasteiger partial charge in [0.15, 0.2) is 11.5 Å². The Hall–Kier alpha value is -1.98. The van der Waals surface area contributed by atoms with E-state index in [-0.39, 0.29) is 5.91 Å². The summed E-state index contributed by atoms with van der Waals surface area (Å²) >= 11 is 7.25. The number of carbonyl (C=O) groups excluding carboxylic acids is 1. The van der Waals surface area contributed by atoms with Gasteiger partial charge >= 0.3 is 0 Å². The van der Waals surface area contributed by atoms with Crippen molar-refractivity contribution in [2.75, 3.05) is 14.2 Å². The molecule has 0 atom stereocenters. The van der Waals surface area contributed by atoms with Crippen LogP contribution in [-0.4, -0.2) is 20.1 Å². The Balaban J connectivity index is 1.92. The molecule has 1 N–H and O–H groups in total. The summed E-state index contributed by atoms with van der Waals surface area (Å²) in [6.07, 6.45) is 3.23. The summed E-state index contributed by atoms with van der Waals surface area (Å²) in [6, 6.07) is 9.19. The fourth-order valence-electron chi connectivity index (χ4n) is 1.81. The molecule has 1 amide bonds. The van der Waals surface area contributed by atoms with E-state index in [0.717, 1.165) is 10.4 Å². The highest BCUT2D eigenvalue weighted by molar-refractivity contribution is 7.17. The fraction of sp³-hybridized carbons (Fsp3) is 0.188. The van der Waals surface area contributed by atoms with E-state index in [4.69, 9.17) is 21.1 Å². The average molecular weight is 338 g/mol. The lowest BCUT2D eigenvalue weighted by Crippen LogP contribution is -2.20. The molecule has 1 aromatic heterocycles. The van der Waals surface area contributed by atoms with Crippen LogP contribution in [0.4, 0.5) is 0 Å². The summed E-state index contributed by atoms with van der Waals surface area (Å²) in [4.78, 5) is 12.7. The molecule has 0 spiro atoms. The van der Waals surface area contributed by atoms with Crippen LogP contribution in [0.3, 0.4) is 0 Å². The molecular weight excluding hydrogens is 322 g/mol. The zero-order valence-corrected chi connectivity index (χ0v) is 13.8. The molecule has 1 aromatic carbocycles. The third-order valence-corrected chi connectivity index (χ3v) is 4.10. The molecular formula is C16H16ClNO3S. The fourth-order valence-corrected chi connectivity index (χ4v) is 2.78. The topological polar surface area (TPSA) is 47.6 Å². The number of methoxy groups -OCH3 is 2. The number of nitrogens with one attached hydrogen (secondary N) is 1. The Morgan fingerprint density at radius 2 is 2.00 bits per heavy atom. The van der Waals surface area contributed by atoms with E-state index < -0.39 is 0 Å². The quantitative estimate of drug-likeness (QED) is 0.817. The van der Waals surface area contributed by atoms with Crippen LogP contribution in [0.1, 0.15) is 10.4 Å². The van der Waals surface area contributed by atoms with Crippen LogP contribution < -0.4 is 14.8 Å². The second-order valence-corrected chi connectivity index (χ2v) is 6.13. The zero-order valence-electron chi connectivity index (χ0n) is 12.3. The maximum atomic E-state index is 11.8. The van der Waals surface area contributed by atoms with Crippen molar-refractivity contribution in [3.05, 3.63) is 51.2 Å². The van der Waals surface area contributed by atoms with E-state index in [1.54, 1.807) is 26.4 Å². The van der Waals surface area contributed by atoms with Crippen LogP contribution in [0.5, 0.6) is 11.5 Å². The molecule has 0 fully saturated rings. The van der Waals surface area contributed by atoms with Gasteiger partial charge < -0.3 is 14.8 Å². The van der Waals surface area contributed by atoms with Crippen molar-refractivity contribution in [1.29, 1.82) is 0 Å². The van der Waals surface area contributed by atoms with Gasteiger partial charge in [-0.3, -0.25) is 4.79 Å². The lowest BCUT2D eigenvalue weighted by molar-refractivity contribution is -0.116. The third kappa shape index (κ3) is 4.51. The Morgan fingerprint density at radius 3 is 2.64 bits per heavy atom. The van der Waals surface area contributed by atoms with Gasteiger partial charge in [-0.1, -0.05) is 17.7 Å². The minimum absolute atomic E-state index is 0.167. The number of hydrogen-bond acceptors (Lipinski definition) is 4. The summed E-state index contributed by atoms with van der Waals surface area (Å²) in [5.41, 5.74) is 0.929. The minimum Gasteiger partial charge on any atom is -0.493 e. The molecule has 0 bridgehead atoms. The normalized spacial score (nSPS) is 10.7. The predicted octanol–water partition coefficient (Wildman–Crippen LogP) is 3.75. The van der Waals surface area contributed by atoms with Crippen LogP contribution >= 0.6 is 22.9 Å². The van der Waals surface area contributed by atoms with Crippen molar-refractivity contribution < 1.29 is 14.3 Å². The molecule has 0 aliphatic carbocycles. The Bertz CT molecular complexity index is 682. The van der Waals surface area contributed by atoms with E-state index in [9.17, 15) is 4.79 Å². The van der Waals surface area contributed by atoms with Crippen molar-refractivity contribution >= 4 is 34.9 Å². The van der Waals surface area contributed by atoms with Crippen molar-refractivity contribution in [2.24, 2.45) is 0 Å². The molecule has 1 heterocycles. The van der Waals surface area contributed by atoms with Gasteiger partial charge in [0.1, 0.15) is 0 Å². The summed E-state index contributed by atoms with van der Waals surface area (Å²) in [5.74, 6) is 1.13. The number of benzene rings is 1. The number of halogens is 1. The van der Waals surface area contributed by atoms with E-state index in [0.29, 0.717) is 22.4 Å². The highest BCUT2D eigenvalue weighted by Gasteiger charge is 2.05. The smallest absolute Gasteiger partial charge is 0.244 e.